The van der Waals surface area contributed by atoms with E-state index in [-0.39, 0.29) is 0 Å². The summed E-state index contributed by atoms with van der Waals surface area (Å²) in [6, 6.07) is 8.34. The molecule has 0 fully saturated rings. The molecule has 6 nitrogen and oxygen atoms in total. The molecule has 0 aliphatic heterocycles. The minimum Gasteiger partial charge on any atom is -0.362 e. The molecule has 0 aromatic carbocycles. The number of imidazole rings is 1. The predicted octanol–water partition coefficient (Wildman–Crippen LogP) is 3.78. The maximum atomic E-state index is 13.5. The highest BCUT2D eigenvalue weighted by molar-refractivity contribution is 5.81. The van der Waals surface area contributed by atoms with E-state index in [0.29, 0.717) is 22.9 Å². The number of aromatic nitrogens is 5. The van der Waals surface area contributed by atoms with Crippen LogP contribution in [0.2, 0.25) is 0 Å². The van der Waals surface area contributed by atoms with E-state index < -0.39 is 5.95 Å². The summed E-state index contributed by atoms with van der Waals surface area (Å²) in [6.45, 7) is 9.11. The van der Waals surface area contributed by atoms with Crippen molar-refractivity contribution < 1.29 is 4.39 Å². The quantitative estimate of drug-likeness (QED) is 0.452. The van der Waals surface area contributed by atoms with Gasteiger partial charge in [-0.05, 0) is 25.1 Å². The van der Waals surface area contributed by atoms with E-state index >= 15 is 0 Å². The van der Waals surface area contributed by atoms with Crippen LogP contribution in [0, 0.1) is 19.4 Å². The number of fused-ring (bicyclic) bond motifs is 1. The van der Waals surface area contributed by atoms with E-state index in [1.54, 1.807) is 16.5 Å². The van der Waals surface area contributed by atoms with Crippen molar-refractivity contribution in [3.63, 3.8) is 0 Å². The third-order valence-corrected chi connectivity index (χ3v) is 3.79. The zero-order valence-electron chi connectivity index (χ0n) is 12.7. The average molecular weight is 318 g/mol. The van der Waals surface area contributed by atoms with Crippen LogP contribution in [-0.2, 0) is 0 Å². The van der Waals surface area contributed by atoms with Crippen LogP contribution in [0.15, 0.2) is 42.7 Å². The number of hydrogen-bond acceptors (Lipinski definition) is 3. The molecular weight excluding hydrogens is 307 g/mol. The van der Waals surface area contributed by atoms with Gasteiger partial charge < -0.3 is 4.85 Å². The standard InChI is InChI=1S/C17H11FN6/c1-10-16(17(23-22-10)12-4-3-5-13(18)21-12)11-6-7-14-20-8-15(19-2)24(14)9-11/h3-9H,1H3,(H,22,23). The van der Waals surface area contributed by atoms with Gasteiger partial charge >= 0.3 is 0 Å². The van der Waals surface area contributed by atoms with E-state index in [1.165, 1.54) is 12.3 Å². The number of hydrogen-bond donors (Lipinski definition) is 1. The second-order valence-electron chi connectivity index (χ2n) is 5.29. The van der Waals surface area contributed by atoms with E-state index in [1.807, 2.05) is 25.3 Å². The fraction of sp³-hybridized carbons (Fsp3) is 0.0588. The summed E-state index contributed by atoms with van der Waals surface area (Å²) in [7, 11) is 0. The van der Waals surface area contributed by atoms with Crippen molar-refractivity contribution in [3.05, 3.63) is 65.8 Å². The number of halogens is 1. The lowest BCUT2D eigenvalue weighted by atomic mass is 10.0. The number of H-pyrrole nitrogens is 1. The van der Waals surface area contributed by atoms with Crippen molar-refractivity contribution in [2.24, 2.45) is 0 Å². The molecule has 0 unspecified atom stereocenters. The smallest absolute Gasteiger partial charge is 0.254 e. The fourth-order valence-electron chi connectivity index (χ4n) is 2.71. The summed E-state index contributed by atoms with van der Waals surface area (Å²) in [5.74, 6) is -0.127. The molecule has 0 saturated heterocycles. The first-order chi connectivity index (χ1) is 11.7. The lowest BCUT2D eigenvalue weighted by molar-refractivity contribution is 0.585. The summed E-state index contributed by atoms with van der Waals surface area (Å²) < 4.78 is 15.2. The molecule has 0 atom stereocenters. The van der Waals surface area contributed by atoms with Crippen LogP contribution in [0.3, 0.4) is 0 Å². The Hall–Kier alpha value is -3.53. The summed E-state index contributed by atoms with van der Waals surface area (Å²) in [5, 5.41) is 7.20. The monoisotopic (exact) mass is 318 g/mol. The molecule has 116 valence electrons. The van der Waals surface area contributed by atoms with Crippen molar-refractivity contribution in [1.82, 2.24) is 24.6 Å². The highest BCUT2D eigenvalue weighted by Crippen LogP contribution is 2.32. The first-order valence-corrected chi connectivity index (χ1v) is 7.20. The van der Waals surface area contributed by atoms with Gasteiger partial charge in [-0.25, -0.2) is 14.4 Å². The first kappa shape index (κ1) is 14.1. The van der Waals surface area contributed by atoms with Gasteiger partial charge in [-0.1, -0.05) is 12.6 Å². The van der Waals surface area contributed by atoms with Crippen LogP contribution in [-0.4, -0.2) is 24.6 Å². The van der Waals surface area contributed by atoms with Gasteiger partial charge in [0.25, 0.3) is 5.82 Å². The minimum atomic E-state index is -0.556. The van der Waals surface area contributed by atoms with E-state index in [0.717, 1.165) is 16.8 Å². The van der Waals surface area contributed by atoms with Gasteiger partial charge in [-0.3, -0.25) is 5.10 Å². The Labute approximate surface area is 136 Å². The molecule has 0 radical (unpaired) electrons. The molecule has 7 heteroatoms. The number of aryl methyl sites for hydroxylation is 1. The van der Waals surface area contributed by atoms with Crippen LogP contribution >= 0.6 is 0 Å². The van der Waals surface area contributed by atoms with Gasteiger partial charge in [0, 0.05) is 22.9 Å². The predicted molar refractivity (Wildman–Crippen MR) is 87.0 cm³/mol. The van der Waals surface area contributed by atoms with Crippen LogP contribution < -0.4 is 0 Å². The zero-order valence-corrected chi connectivity index (χ0v) is 12.7. The molecule has 0 amide bonds. The Morgan fingerprint density at radius 1 is 1.25 bits per heavy atom. The van der Waals surface area contributed by atoms with Crippen LogP contribution in [0.4, 0.5) is 10.2 Å². The highest BCUT2D eigenvalue weighted by atomic mass is 19.1. The van der Waals surface area contributed by atoms with Gasteiger partial charge in [-0.15, -0.1) is 0 Å². The van der Waals surface area contributed by atoms with E-state index in [2.05, 4.69) is 25.0 Å². The highest BCUT2D eigenvalue weighted by Gasteiger charge is 2.18. The molecule has 0 spiro atoms. The van der Waals surface area contributed by atoms with Gasteiger partial charge in [0.05, 0.1) is 18.1 Å². The Bertz CT molecular complexity index is 1100. The number of nitrogens with one attached hydrogen (secondary N) is 1. The normalized spacial score (nSPS) is 10.9. The topological polar surface area (TPSA) is 63.2 Å². The molecule has 4 aromatic rings. The Morgan fingerprint density at radius 3 is 2.92 bits per heavy atom. The van der Waals surface area contributed by atoms with Crippen molar-refractivity contribution in [2.45, 2.75) is 6.92 Å². The summed E-state index contributed by atoms with van der Waals surface area (Å²) in [6.07, 6.45) is 3.36. The summed E-state index contributed by atoms with van der Waals surface area (Å²) in [4.78, 5) is 11.6. The van der Waals surface area contributed by atoms with Crippen LogP contribution in [0.1, 0.15) is 5.69 Å². The van der Waals surface area contributed by atoms with Crippen LogP contribution in [0.5, 0.6) is 0 Å². The number of rotatable bonds is 2. The van der Waals surface area contributed by atoms with Crippen molar-refractivity contribution in [2.75, 3.05) is 0 Å². The molecule has 4 heterocycles. The average Bonchev–Trinajstić information content (AvgIpc) is 3.17. The van der Waals surface area contributed by atoms with Gasteiger partial charge in [0.15, 0.2) is 0 Å². The molecule has 4 aromatic heterocycles. The SMILES string of the molecule is [C-]#[N+]c1cnc2ccc(-c3c(-c4cccc(F)n4)n[nH]c3C)cn12. The molecule has 0 aliphatic rings. The maximum Gasteiger partial charge on any atom is 0.254 e. The number of aromatic amines is 1. The molecule has 1 N–H and O–H groups in total. The van der Waals surface area contributed by atoms with Gasteiger partial charge in [0.1, 0.15) is 5.69 Å². The second kappa shape index (κ2) is 5.28. The molecule has 0 aliphatic carbocycles. The third kappa shape index (κ3) is 2.13. The van der Waals surface area contributed by atoms with E-state index in [4.69, 9.17) is 6.57 Å². The number of pyridine rings is 2. The lowest BCUT2D eigenvalue weighted by Gasteiger charge is -2.04. The van der Waals surface area contributed by atoms with Crippen molar-refractivity contribution in [1.29, 1.82) is 0 Å². The maximum absolute atomic E-state index is 13.5. The molecule has 4 rings (SSSR count). The summed E-state index contributed by atoms with van der Waals surface area (Å²) >= 11 is 0. The first-order valence-electron chi connectivity index (χ1n) is 7.20. The third-order valence-electron chi connectivity index (χ3n) is 3.79. The molecule has 0 saturated carbocycles. The molecule has 0 bridgehead atoms. The minimum absolute atomic E-state index is 0.429. The fourth-order valence-corrected chi connectivity index (χ4v) is 2.71. The molecular formula is C17H11FN6. The lowest BCUT2D eigenvalue weighted by Crippen LogP contribution is -1.92. The van der Waals surface area contributed by atoms with Gasteiger partial charge in [0.2, 0.25) is 11.6 Å². The van der Waals surface area contributed by atoms with E-state index in [9.17, 15) is 4.39 Å². The second-order valence-corrected chi connectivity index (χ2v) is 5.29. The van der Waals surface area contributed by atoms with Crippen molar-refractivity contribution >= 4 is 11.5 Å². The number of nitrogens with zero attached hydrogens (tertiary/aromatic N) is 5. The Balaban J connectivity index is 1.94. The summed E-state index contributed by atoms with van der Waals surface area (Å²) in [5.41, 5.74) is 4.20. The Kier molecular flexibility index (Phi) is 3.10. The van der Waals surface area contributed by atoms with Crippen molar-refractivity contribution in [3.8, 4) is 22.5 Å². The van der Waals surface area contributed by atoms with Crippen LogP contribution in [0.25, 0.3) is 33.0 Å². The Morgan fingerprint density at radius 2 is 2.12 bits per heavy atom. The largest absolute Gasteiger partial charge is 0.362 e. The molecule has 24 heavy (non-hydrogen) atoms. The van der Waals surface area contributed by atoms with Gasteiger partial charge in [-0.2, -0.15) is 9.49 Å². The zero-order chi connectivity index (χ0) is 16.7.